The molecule has 0 bridgehead atoms. The molecule has 0 fully saturated rings. The van der Waals surface area contributed by atoms with Crippen molar-refractivity contribution in [2.24, 2.45) is 10.7 Å². The van der Waals surface area contributed by atoms with Gasteiger partial charge in [-0.1, -0.05) is 12.1 Å². The molecular weight excluding hydrogens is 231 g/mol. The lowest BCUT2D eigenvalue weighted by Gasteiger charge is -2.02. The molecule has 0 aliphatic rings. The third kappa shape index (κ3) is 3.07. The Balaban J connectivity index is 2.09. The van der Waals surface area contributed by atoms with Crippen LogP contribution in [0.4, 0.5) is 4.39 Å². The van der Waals surface area contributed by atoms with E-state index in [0.29, 0.717) is 12.4 Å². The standard InChI is InChI=1S/C14H13FN2O/c15-12-5-1-10(2-6-12)9-17-14(16)11-3-7-13(18)8-4-11/h1-8,18H,9H2,(H2,16,17). The molecule has 2 aromatic carbocycles. The van der Waals surface area contributed by atoms with Crippen LogP contribution in [0, 0.1) is 5.82 Å². The highest BCUT2D eigenvalue weighted by atomic mass is 19.1. The van der Waals surface area contributed by atoms with Crippen LogP contribution >= 0.6 is 0 Å². The van der Waals surface area contributed by atoms with E-state index in [0.717, 1.165) is 11.1 Å². The minimum absolute atomic E-state index is 0.185. The zero-order valence-electron chi connectivity index (χ0n) is 9.68. The average molecular weight is 244 g/mol. The van der Waals surface area contributed by atoms with E-state index in [1.54, 1.807) is 36.4 Å². The summed E-state index contributed by atoms with van der Waals surface area (Å²) in [5, 5.41) is 9.16. The van der Waals surface area contributed by atoms with E-state index in [1.165, 1.54) is 12.1 Å². The van der Waals surface area contributed by atoms with Gasteiger partial charge in [0.2, 0.25) is 0 Å². The van der Waals surface area contributed by atoms with E-state index in [4.69, 9.17) is 10.8 Å². The quantitative estimate of drug-likeness (QED) is 0.643. The van der Waals surface area contributed by atoms with Gasteiger partial charge in [0.05, 0.1) is 6.54 Å². The van der Waals surface area contributed by atoms with Crippen LogP contribution in [0.2, 0.25) is 0 Å². The summed E-state index contributed by atoms with van der Waals surface area (Å²) in [5.41, 5.74) is 7.45. The van der Waals surface area contributed by atoms with E-state index >= 15 is 0 Å². The summed E-state index contributed by atoms with van der Waals surface area (Å²) < 4.78 is 12.7. The van der Waals surface area contributed by atoms with Gasteiger partial charge in [0.25, 0.3) is 0 Å². The first-order valence-corrected chi connectivity index (χ1v) is 5.49. The fraction of sp³-hybridized carbons (Fsp3) is 0.0714. The number of nitrogens with zero attached hydrogens (tertiary/aromatic N) is 1. The lowest BCUT2D eigenvalue weighted by Crippen LogP contribution is -2.13. The van der Waals surface area contributed by atoms with Gasteiger partial charge in [-0.2, -0.15) is 0 Å². The maximum atomic E-state index is 12.7. The van der Waals surface area contributed by atoms with Crippen molar-refractivity contribution in [1.29, 1.82) is 0 Å². The molecular formula is C14H13FN2O. The Bertz CT molecular complexity index is 547. The van der Waals surface area contributed by atoms with Crippen LogP contribution in [0.3, 0.4) is 0 Å². The van der Waals surface area contributed by atoms with E-state index in [2.05, 4.69) is 4.99 Å². The second kappa shape index (κ2) is 5.31. The molecule has 0 aromatic heterocycles. The molecule has 2 rings (SSSR count). The lowest BCUT2D eigenvalue weighted by atomic mass is 10.2. The largest absolute Gasteiger partial charge is 0.508 e. The lowest BCUT2D eigenvalue weighted by molar-refractivity contribution is 0.475. The molecule has 18 heavy (non-hydrogen) atoms. The number of halogens is 1. The Morgan fingerprint density at radius 1 is 1.06 bits per heavy atom. The van der Waals surface area contributed by atoms with Crippen LogP contribution < -0.4 is 5.73 Å². The molecule has 3 nitrogen and oxygen atoms in total. The van der Waals surface area contributed by atoms with Gasteiger partial charge in [0.1, 0.15) is 17.4 Å². The molecule has 0 atom stereocenters. The van der Waals surface area contributed by atoms with Crippen LogP contribution in [0.1, 0.15) is 11.1 Å². The summed E-state index contributed by atoms with van der Waals surface area (Å²) in [7, 11) is 0. The summed E-state index contributed by atoms with van der Waals surface area (Å²) in [6.45, 7) is 0.396. The first-order chi connectivity index (χ1) is 8.65. The van der Waals surface area contributed by atoms with Gasteiger partial charge in [-0.15, -0.1) is 0 Å². The average Bonchev–Trinajstić information content (AvgIpc) is 2.38. The van der Waals surface area contributed by atoms with Crippen molar-refractivity contribution < 1.29 is 9.50 Å². The van der Waals surface area contributed by atoms with Crippen LogP contribution in [0.25, 0.3) is 0 Å². The predicted octanol–water partition coefficient (Wildman–Crippen LogP) is 2.44. The van der Waals surface area contributed by atoms with Gasteiger partial charge < -0.3 is 10.8 Å². The number of hydrogen-bond acceptors (Lipinski definition) is 2. The van der Waals surface area contributed by atoms with Crippen molar-refractivity contribution in [2.75, 3.05) is 0 Å². The van der Waals surface area contributed by atoms with Gasteiger partial charge in [-0.3, -0.25) is 4.99 Å². The molecule has 4 heteroatoms. The number of phenolic OH excluding ortho intramolecular Hbond substituents is 1. The van der Waals surface area contributed by atoms with E-state index < -0.39 is 0 Å². The number of rotatable bonds is 3. The minimum atomic E-state index is -0.269. The Labute approximate surface area is 104 Å². The van der Waals surface area contributed by atoms with Crippen molar-refractivity contribution in [3.63, 3.8) is 0 Å². The number of aromatic hydroxyl groups is 1. The molecule has 0 heterocycles. The summed E-state index contributed by atoms with van der Waals surface area (Å²) >= 11 is 0. The maximum absolute atomic E-state index is 12.7. The normalized spacial score (nSPS) is 11.5. The number of phenols is 1. The number of nitrogens with two attached hydrogens (primary N) is 1. The van der Waals surface area contributed by atoms with Crippen molar-refractivity contribution in [3.05, 3.63) is 65.5 Å². The first kappa shape index (κ1) is 12.1. The Kier molecular flexibility index (Phi) is 3.57. The van der Waals surface area contributed by atoms with Gasteiger partial charge in [-0.25, -0.2) is 4.39 Å². The highest BCUT2D eigenvalue weighted by molar-refractivity contribution is 5.97. The Hall–Kier alpha value is -2.36. The molecule has 0 aliphatic carbocycles. The van der Waals surface area contributed by atoms with Crippen LogP contribution in [-0.4, -0.2) is 10.9 Å². The molecule has 0 aliphatic heterocycles. The first-order valence-electron chi connectivity index (χ1n) is 5.49. The number of amidine groups is 1. The topological polar surface area (TPSA) is 58.6 Å². The monoisotopic (exact) mass is 244 g/mol. The van der Waals surface area contributed by atoms with Crippen molar-refractivity contribution in [3.8, 4) is 5.75 Å². The molecule has 0 spiro atoms. The molecule has 3 N–H and O–H groups in total. The Morgan fingerprint density at radius 2 is 1.67 bits per heavy atom. The highest BCUT2D eigenvalue weighted by Gasteiger charge is 1.98. The molecule has 0 saturated heterocycles. The van der Waals surface area contributed by atoms with Gasteiger partial charge in [0, 0.05) is 5.56 Å². The van der Waals surface area contributed by atoms with Gasteiger partial charge in [0.15, 0.2) is 0 Å². The third-order valence-corrected chi connectivity index (χ3v) is 2.51. The van der Waals surface area contributed by atoms with Gasteiger partial charge in [-0.05, 0) is 42.0 Å². The third-order valence-electron chi connectivity index (χ3n) is 2.51. The van der Waals surface area contributed by atoms with Crippen LogP contribution in [0.5, 0.6) is 5.75 Å². The van der Waals surface area contributed by atoms with Crippen molar-refractivity contribution in [2.45, 2.75) is 6.54 Å². The number of hydrogen-bond donors (Lipinski definition) is 2. The number of benzene rings is 2. The van der Waals surface area contributed by atoms with E-state index in [-0.39, 0.29) is 11.6 Å². The minimum Gasteiger partial charge on any atom is -0.508 e. The zero-order chi connectivity index (χ0) is 13.0. The zero-order valence-corrected chi connectivity index (χ0v) is 9.68. The Morgan fingerprint density at radius 3 is 2.28 bits per heavy atom. The molecule has 0 amide bonds. The SMILES string of the molecule is NC(=NCc1ccc(F)cc1)c1ccc(O)cc1. The smallest absolute Gasteiger partial charge is 0.125 e. The second-order valence-corrected chi connectivity index (χ2v) is 3.87. The molecule has 0 saturated carbocycles. The molecule has 92 valence electrons. The van der Waals surface area contributed by atoms with Crippen LogP contribution in [-0.2, 0) is 6.54 Å². The maximum Gasteiger partial charge on any atom is 0.125 e. The van der Waals surface area contributed by atoms with Crippen molar-refractivity contribution >= 4 is 5.84 Å². The van der Waals surface area contributed by atoms with Crippen LogP contribution in [0.15, 0.2) is 53.5 Å². The van der Waals surface area contributed by atoms with E-state index in [9.17, 15) is 4.39 Å². The van der Waals surface area contributed by atoms with Crippen molar-refractivity contribution in [1.82, 2.24) is 0 Å². The summed E-state index contributed by atoms with van der Waals surface area (Å²) in [6.07, 6.45) is 0. The predicted molar refractivity (Wildman–Crippen MR) is 68.9 cm³/mol. The fourth-order valence-electron chi connectivity index (χ4n) is 1.49. The molecule has 0 unspecified atom stereocenters. The van der Waals surface area contributed by atoms with Gasteiger partial charge >= 0.3 is 0 Å². The summed E-state index contributed by atoms with van der Waals surface area (Å²) in [5.74, 6) is 0.304. The van der Waals surface area contributed by atoms with E-state index in [1.807, 2.05) is 0 Å². The molecule has 2 aromatic rings. The fourth-order valence-corrected chi connectivity index (χ4v) is 1.49. The highest BCUT2D eigenvalue weighted by Crippen LogP contribution is 2.10. The number of aliphatic imine (C=N–C) groups is 1. The molecule has 0 radical (unpaired) electrons. The second-order valence-electron chi connectivity index (χ2n) is 3.87. The summed E-state index contributed by atoms with van der Waals surface area (Å²) in [4.78, 5) is 4.21. The summed E-state index contributed by atoms with van der Waals surface area (Å²) in [6, 6.07) is 12.6.